The molecule has 1 heterocycles. The van der Waals surface area contributed by atoms with Gasteiger partial charge in [0.05, 0.1) is 11.6 Å². The van der Waals surface area contributed by atoms with Crippen molar-refractivity contribution in [2.75, 3.05) is 46.2 Å². The number of hydrogen-bond donors (Lipinski definition) is 6. The number of phenols is 1. The fourth-order valence-electron chi connectivity index (χ4n) is 7.22. The lowest BCUT2D eigenvalue weighted by molar-refractivity contribution is -0.148. The number of likely N-dealkylation sites (tertiary alicyclic amines) is 1. The molecule has 0 saturated carbocycles. The number of ketones is 2. The third-order valence-electron chi connectivity index (χ3n) is 9.29. The van der Waals surface area contributed by atoms with Gasteiger partial charge in [0.2, 0.25) is 5.78 Å². The second kappa shape index (κ2) is 10.1. The predicted molar refractivity (Wildman–Crippen MR) is 150 cm³/mol. The number of primary amides is 1. The first kappa shape index (κ1) is 29.1. The monoisotopic (exact) mass is 569 g/mol. The summed E-state index contributed by atoms with van der Waals surface area (Å²) in [6.45, 7) is 1.90. The zero-order valence-corrected chi connectivity index (χ0v) is 23.8. The van der Waals surface area contributed by atoms with Gasteiger partial charge in [0.1, 0.15) is 22.8 Å². The van der Waals surface area contributed by atoms with Gasteiger partial charge in [0, 0.05) is 49.4 Å². The lowest BCUT2D eigenvalue weighted by Gasteiger charge is -2.50. The molecule has 5 rings (SSSR count). The van der Waals surface area contributed by atoms with Gasteiger partial charge < -0.3 is 36.8 Å². The molecule has 3 aliphatic carbocycles. The van der Waals surface area contributed by atoms with E-state index in [1.807, 2.05) is 25.1 Å². The number of carbonyl (C=O) groups excluding carboxylic acids is 3. The number of allylic oxidation sites excluding steroid dienone is 1. The quantitative estimate of drug-likeness (QED) is 0.264. The van der Waals surface area contributed by atoms with Crippen LogP contribution in [0.4, 0.5) is 5.69 Å². The molecule has 0 aromatic heterocycles. The largest absolute Gasteiger partial charge is 0.510 e. The minimum absolute atomic E-state index is 0.0284. The van der Waals surface area contributed by atoms with Gasteiger partial charge in [-0.2, -0.15) is 0 Å². The van der Waals surface area contributed by atoms with Gasteiger partial charge in [-0.05, 0) is 70.4 Å². The Balaban J connectivity index is 1.65. The van der Waals surface area contributed by atoms with E-state index in [-0.39, 0.29) is 35.8 Å². The first-order valence-corrected chi connectivity index (χ1v) is 13.9. The highest BCUT2D eigenvalue weighted by Crippen LogP contribution is 2.53. The Labute approximate surface area is 238 Å². The number of aliphatic hydroxyl groups is 3. The third kappa shape index (κ3) is 4.32. The molecule has 0 spiro atoms. The number of rotatable bonds is 5. The number of anilines is 1. The Morgan fingerprint density at radius 1 is 1.12 bits per heavy atom. The molecule has 1 aromatic carbocycles. The molecule has 4 atom stereocenters. The van der Waals surface area contributed by atoms with Crippen LogP contribution >= 0.6 is 0 Å². The highest BCUT2D eigenvalue weighted by Gasteiger charge is 2.63. The van der Waals surface area contributed by atoms with Crippen LogP contribution in [0.5, 0.6) is 5.75 Å². The predicted octanol–water partition coefficient (Wildman–Crippen LogP) is 0.110. The number of nitrogens with two attached hydrogens (primary N) is 2. The minimum Gasteiger partial charge on any atom is -0.510 e. The van der Waals surface area contributed by atoms with E-state index >= 15 is 0 Å². The zero-order chi connectivity index (χ0) is 30.1. The highest BCUT2D eigenvalue weighted by molar-refractivity contribution is 6.24. The van der Waals surface area contributed by atoms with Crippen molar-refractivity contribution in [1.82, 2.24) is 9.80 Å². The van der Waals surface area contributed by atoms with E-state index in [0.717, 1.165) is 31.6 Å². The van der Waals surface area contributed by atoms with Crippen molar-refractivity contribution in [2.45, 2.75) is 49.9 Å². The Bertz CT molecular complexity index is 1390. The third-order valence-corrected chi connectivity index (χ3v) is 9.29. The van der Waals surface area contributed by atoms with Crippen molar-refractivity contribution < 1.29 is 34.8 Å². The molecule has 3 unspecified atom stereocenters. The molecule has 4 aliphatic rings. The van der Waals surface area contributed by atoms with Crippen LogP contribution in [0.15, 0.2) is 28.7 Å². The molecular weight excluding hydrogens is 530 g/mol. The summed E-state index contributed by atoms with van der Waals surface area (Å²) in [5, 5.41) is 45.7. The molecule has 222 valence electrons. The maximum atomic E-state index is 14.2. The van der Waals surface area contributed by atoms with Gasteiger partial charge in [-0.15, -0.1) is 0 Å². The van der Waals surface area contributed by atoms with E-state index in [2.05, 4.69) is 4.90 Å². The van der Waals surface area contributed by atoms with E-state index in [0.29, 0.717) is 17.7 Å². The van der Waals surface area contributed by atoms with Crippen LogP contribution in [0.1, 0.15) is 40.7 Å². The van der Waals surface area contributed by atoms with Crippen molar-refractivity contribution >= 4 is 23.2 Å². The summed E-state index contributed by atoms with van der Waals surface area (Å²) in [4.78, 5) is 45.4. The van der Waals surface area contributed by atoms with Gasteiger partial charge in [-0.3, -0.25) is 24.2 Å². The number of benzene rings is 1. The summed E-state index contributed by atoms with van der Waals surface area (Å²) in [7, 11) is 6.90. The average molecular weight is 570 g/mol. The van der Waals surface area contributed by atoms with E-state index in [1.165, 1.54) is 4.90 Å². The highest BCUT2D eigenvalue weighted by atomic mass is 16.3. The summed E-state index contributed by atoms with van der Waals surface area (Å²) in [5.41, 5.74) is 9.74. The van der Waals surface area contributed by atoms with Crippen LogP contribution < -0.4 is 16.4 Å². The lowest BCUT2D eigenvalue weighted by atomic mass is 9.58. The standard InChI is InChI=1S/C29H39N5O7/c1-32(2)18-11-14(12-34-7-5-15(30)6-8-34)23(35)20-16(18)9-13-10-17-22(33(3)4)25(37)21(28(31)40)27(39)29(17,41)26(38)19(13)24(20)36/h11,13,15,17,22,35,37-38,41H,5-10,12,30H2,1-4H3,(H2,31,40)/t13?,17?,22-,29?/m0/s1. The van der Waals surface area contributed by atoms with E-state index in [1.54, 1.807) is 14.1 Å². The average Bonchev–Trinajstić information content (AvgIpc) is 2.88. The second-order valence-electron chi connectivity index (χ2n) is 12.2. The van der Waals surface area contributed by atoms with E-state index < -0.39 is 58.0 Å². The SMILES string of the molecule is CN(C)c1cc(CN2CCC(N)CC2)c(O)c2c1CC1CC3[C@H](N(C)C)C(O)=C(C(N)=O)C(=O)C3(O)C(O)=C1C2=O. The topological polar surface area (TPSA) is 194 Å². The summed E-state index contributed by atoms with van der Waals surface area (Å²) in [6.07, 6.45) is 1.95. The Kier molecular flexibility index (Phi) is 7.17. The summed E-state index contributed by atoms with van der Waals surface area (Å²) in [5.74, 6) is -6.50. The van der Waals surface area contributed by atoms with Crippen LogP contribution in [0.3, 0.4) is 0 Å². The molecule has 12 nitrogen and oxygen atoms in total. The number of fused-ring (bicyclic) bond motifs is 3. The van der Waals surface area contributed by atoms with E-state index in [9.17, 15) is 34.8 Å². The Morgan fingerprint density at radius 2 is 1.76 bits per heavy atom. The molecule has 1 aromatic rings. The molecule has 0 radical (unpaired) electrons. The number of likely N-dealkylation sites (N-methyl/N-ethyl adjacent to an activating group) is 1. The van der Waals surface area contributed by atoms with Gasteiger partial charge in [-0.1, -0.05) is 0 Å². The van der Waals surface area contributed by atoms with Crippen molar-refractivity contribution in [2.24, 2.45) is 23.3 Å². The van der Waals surface area contributed by atoms with Crippen LogP contribution in [0.25, 0.3) is 0 Å². The molecule has 8 N–H and O–H groups in total. The van der Waals surface area contributed by atoms with Crippen molar-refractivity contribution in [1.29, 1.82) is 0 Å². The van der Waals surface area contributed by atoms with Crippen molar-refractivity contribution in [3.8, 4) is 5.75 Å². The van der Waals surface area contributed by atoms with Crippen LogP contribution in [-0.4, -0.2) is 107 Å². The van der Waals surface area contributed by atoms with Gasteiger partial charge in [0.15, 0.2) is 11.4 Å². The number of aromatic hydroxyl groups is 1. The molecule has 0 bridgehead atoms. The van der Waals surface area contributed by atoms with Crippen molar-refractivity contribution in [3.05, 3.63) is 45.4 Å². The number of Topliss-reactive ketones (excluding diaryl/α,β-unsaturated/α-hetero) is 2. The number of nitrogens with zero attached hydrogens (tertiary/aromatic N) is 3. The fourth-order valence-corrected chi connectivity index (χ4v) is 7.22. The number of phenolic OH excluding ortho intramolecular Hbond substituents is 1. The maximum absolute atomic E-state index is 14.2. The molecule has 1 amide bonds. The molecule has 1 saturated heterocycles. The number of piperidine rings is 1. The molecule has 1 aliphatic heterocycles. The summed E-state index contributed by atoms with van der Waals surface area (Å²) >= 11 is 0. The van der Waals surface area contributed by atoms with Crippen LogP contribution in [-0.2, 0) is 22.6 Å². The summed E-state index contributed by atoms with van der Waals surface area (Å²) in [6, 6.07) is 0.989. The molecule has 12 heteroatoms. The number of amides is 1. The second-order valence-corrected chi connectivity index (χ2v) is 12.2. The van der Waals surface area contributed by atoms with Gasteiger partial charge in [-0.25, -0.2) is 0 Å². The van der Waals surface area contributed by atoms with Gasteiger partial charge in [0.25, 0.3) is 5.91 Å². The minimum atomic E-state index is -2.66. The first-order valence-electron chi connectivity index (χ1n) is 13.9. The normalized spacial score (nSPS) is 29.0. The van der Waals surface area contributed by atoms with E-state index in [4.69, 9.17) is 11.5 Å². The first-order chi connectivity index (χ1) is 19.2. The Hall–Kier alpha value is -3.45. The maximum Gasteiger partial charge on any atom is 0.255 e. The lowest BCUT2D eigenvalue weighted by Crippen LogP contribution is -2.63. The molecule has 41 heavy (non-hydrogen) atoms. The number of aliphatic hydroxyl groups excluding tert-OH is 2. The number of carbonyl (C=O) groups is 3. The zero-order valence-electron chi connectivity index (χ0n) is 23.8. The number of hydrogen-bond acceptors (Lipinski definition) is 11. The fraction of sp³-hybridized carbons (Fsp3) is 0.552. The van der Waals surface area contributed by atoms with Crippen LogP contribution in [0, 0.1) is 11.8 Å². The van der Waals surface area contributed by atoms with Crippen LogP contribution in [0.2, 0.25) is 0 Å². The molecule has 1 fully saturated rings. The molecular formula is C29H39N5O7. The van der Waals surface area contributed by atoms with Gasteiger partial charge >= 0.3 is 0 Å². The summed E-state index contributed by atoms with van der Waals surface area (Å²) < 4.78 is 0. The Morgan fingerprint density at radius 3 is 2.32 bits per heavy atom. The van der Waals surface area contributed by atoms with Crippen molar-refractivity contribution in [3.63, 3.8) is 0 Å². The smallest absolute Gasteiger partial charge is 0.255 e.